The van der Waals surface area contributed by atoms with Crippen LogP contribution in [-0.4, -0.2) is 6.04 Å². The molecule has 0 saturated heterocycles. The van der Waals surface area contributed by atoms with E-state index in [1.54, 1.807) is 11.3 Å². The highest BCUT2D eigenvalue weighted by atomic mass is 35.5. The van der Waals surface area contributed by atoms with Crippen molar-refractivity contribution < 1.29 is 0 Å². The van der Waals surface area contributed by atoms with Gasteiger partial charge in [-0.2, -0.15) is 0 Å². The third-order valence-electron chi connectivity index (χ3n) is 2.81. The van der Waals surface area contributed by atoms with Crippen LogP contribution in [0.2, 0.25) is 4.34 Å². The van der Waals surface area contributed by atoms with Crippen molar-refractivity contribution in [2.24, 2.45) is 11.1 Å². The summed E-state index contributed by atoms with van der Waals surface area (Å²) in [5, 5.41) is 0. The van der Waals surface area contributed by atoms with Crippen molar-refractivity contribution in [2.45, 2.75) is 25.8 Å². The van der Waals surface area contributed by atoms with Gasteiger partial charge in [0.15, 0.2) is 0 Å². The lowest BCUT2D eigenvalue weighted by Gasteiger charge is -1.97. The maximum atomic E-state index is 5.95. The smallest absolute Gasteiger partial charge is 0.0931 e. The highest BCUT2D eigenvalue weighted by Gasteiger charge is 2.56. The molecule has 2 unspecified atom stereocenters. The van der Waals surface area contributed by atoms with Crippen LogP contribution in [0.25, 0.3) is 0 Å². The number of halogens is 1. The Balaban J connectivity index is 2.24. The second-order valence-electron chi connectivity index (χ2n) is 3.97. The van der Waals surface area contributed by atoms with Crippen molar-refractivity contribution in [1.29, 1.82) is 0 Å². The molecule has 2 rings (SSSR count). The van der Waals surface area contributed by atoms with E-state index in [9.17, 15) is 0 Å². The minimum Gasteiger partial charge on any atom is -0.327 e. The number of thiophene rings is 1. The average Bonchev–Trinajstić information content (AvgIpc) is 2.38. The minimum absolute atomic E-state index is 0.272. The first-order valence-electron chi connectivity index (χ1n) is 4.04. The lowest BCUT2D eigenvalue weighted by atomic mass is 10.1. The number of rotatable bonds is 1. The topological polar surface area (TPSA) is 26.0 Å². The first-order chi connectivity index (χ1) is 5.53. The summed E-state index contributed by atoms with van der Waals surface area (Å²) in [5.74, 6) is 0.523. The maximum absolute atomic E-state index is 5.95. The Morgan fingerprint density at radius 1 is 1.50 bits per heavy atom. The van der Waals surface area contributed by atoms with Gasteiger partial charge in [-0.1, -0.05) is 25.4 Å². The third kappa shape index (κ3) is 1.10. The van der Waals surface area contributed by atoms with Gasteiger partial charge < -0.3 is 5.73 Å². The zero-order chi connectivity index (χ0) is 8.93. The fraction of sp³-hybridized carbons (Fsp3) is 0.556. The zero-order valence-electron chi connectivity index (χ0n) is 7.17. The van der Waals surface area contributed by atoms with Crippen LogP contribution < -0.4 is 5.73 Å². The van der Waals surface area contributed by atoms with E-state index in [0.29, 0.717) is 12.0 Å². The normalized spacial score (nSPS) is 32.0. The monoisotopic (exact) mass is 201 g/mol. The standard InChI is InChI=1S/C9H12ClNS/c1-9(2)7(8(9)11)5-3-4-6(10)12-5/h3-4,7-8H,11H2,1-2H3. The Labute approximate surface area is 81.5 Å². The van der Waals surface area contributed by atoms with Gasteiger partial charge in [0.1, 0.15) is 0 Å². The number of hydrogen-bond acceptors (Lipinski definition) is 2. The molecule has 1 fully saturated rings. The van der Waals surface area contributed by atoms with Crippen LogP contribution in [0.4, 0.5) is 0 Å². The molecule has 1 aromatic heterocycles. The predicted octanol–water partition coefficient (Wildman–Crippen LogP) is 2.85. The van der Waals surface area contributed by atoms with Crippen LogP contribution in [-0.2, 0) is 0 Å². The Hall–Kier alpha value is -0.0500. The van der Waals surface area contributed by atoms with Crippen molar-refractivity contribution >= 4 is 22.9 Å². The number of hydrogen-bond donors (Lipinski definition) is 1. The van der Waals surface area contributed by atoms with E-state index in [4.69, 9.17) is 17.3 Å². The molecule has 1 saturated carbocycles. The molecule has 0 radical (unpaired) electrons. The lowest BCUT2D eigenvalue weighted by Crippen LogP contribution is -2.06. The molecule has 1 aromatic rings. The van der Waals surface area contributed by atoms with E-state index in [0.717, 1.165) is 4.34 Å². The molecule has 0 aromatic carbocycles. The van der Waals surface area contributed by atoms with Gasteiger partial charge in [0.25, 0.3) is 0 Å². The summed E-state index contributed by atoms with van der Waals surface area (Å²) in [6, 6.07) is 4.35. The Morgan fingerprint density at radius 2 is 2.08 bits per heavy atom. The summed E-state index contributed by atoms with van der Waals surface area (Å²) >= 11 is 7.50. The molecular weight excluding hydrogens is 190 g/mol. The van der Waals surface area contributed by atoms with Crippen LogP contribution in [0.15, 0.2) is 12.1 Å². The lowest BCUT2D eigenvalue weighted by molar-refractivity contribution is 0.601. The molecule has 66 valence electrons. The molecule has 12 heavy (non-hydrogen) atoms. The van der Waals surface area contributed by atoms with E-state index in [1.807, 2.05) is 6.07 Å². The summed E-state index contributed by atoms with van der Waals surface area (Å²) in [6.45, 7) is 4.41. The Kier molecular flexibility index (Phi) is 1.76. The maximum Gasteiger partial charge on any atom is 0.0931 e. The van der Waals surface area contributed by atoms with Crippen molar-refractivity contribution in [3.05, 3.63) is 21.3 Å². The van der Waals surface area contributed by atoms with E-state index < -0.39 is 0 Å². The minimum atomic E-state index is 0.272. The van der Waals surface area contributed by atoms with Crippen LogP contribution in [0.1, 0.15) is 24.6 Å². The van der Waals surface area contributed by atoms with E-state index >= 15 is 0 Å². The van der Waals surface area contributed by atoms with Gasteiger partial charge >= 0.3 is 0 Å². The Bertz CT molecular complexity index is 305. The predicted molar refractivity (Wildman–Crippen MR) is 53.8 cm³/mol. The van der Waals surface area contributed by atoms with Crippen LogP contribution in [0.5, 0.6) is 0 Å². The average molecular weight is 202 g/mol. The zero-order valence-corrected chi connectivity index (χ0v) is 8.75. The van der Waals surface area contributed by atoms with Crippen molar-refractivity contribution in [1.82, 2.24) is 0 Å². The van der Waals surface area contributed by atoms with Gasteiger partial charge in [0.2, 0.25) is 0 Å². The first kappa shape index (κ1) is 8.54. The number of nitrogens with two attached hydrogens (primary N) is 1. The third-order valence-corrected chi connectivity index (χ3v) is 4.13. The molecule has 1 aliphatic rings. The van der Waals surface area contributed by atoms with Crippen molar-refractivity contribution in [3.8, 4) is 0 Å². The molecule has 0 bridgehead atoms. The van der Waals surface area contributed by atoms with E-state index in [2.05, 4.69) is 19.9 Å². The van der Waals surface area contributed by atoms with Crippen LogP contribution in [0.3, 0.4) is 0 Å². The van der Waals surface area contributed by atoms with Gasteiger partial charge in [-0.15, -0.1) is 11.3 Å². The molecular formula is C9H12ClNS. The first-order valence-corrected chi connectivity index (χ1v) is 5.24. The van der Waals surface area contributed by atoms with Gasteiger partial charge in [-0.25, -0.2) is 0 Å². The highest BCUT2D eigenvalue weighted by Crippen LogP contribution is 2.58. The van der Waals surface area contributed by atoms with Crippen LogP contribution in [0, 0.1) is 5.41 Å². The van der Waals surface area contributed by atoms with Crippen molar-refractivity contribution in [2.75, 3.05) is 0 Å². The fourth-order valence-corrected chi connectivity index (χ4v) is 3.12. The van der Waals surface area contributed by atoms with Crippen LogP contribution >= 0.6 is 22.9 Å². The molecule has 2 N–H and O–H groups in total. The van der Waals surface area contributed by atoms with Crippen molar-refractivity contribution in [3.63, 3.8) is 0 Å². The van der Waals surface area contributed by atoms with E-state index in [-0.39, 0.29) is 5.41 Å². The summed E-state index contributed by atoms with van der Waals surface area (Å²) in [5.41, 5.74) is 6.22. The summed E-state index contributed by atoms with van der Waals surface area (Å²) in [4.78, 5) is 1.33. The molecule has 2 atom stereocenters. The SMILES string of the molecule is CC1(C)C(N)C1c1ccc(Cl)s1. The van der Waals surface area contributed by atoms with Gasteiger partial charge in [0, 0.05) is 16.8 Å². The quantitative estimate of drug-likeness (QED) is 0.743. The largest absolute Gasteiger partial charge is 0.327 e. The summed E-state index contributed by atoms with van der Waals surface area (Å²) < 4.78 is 0.861. The molecule has 0 spiro atoms. The molecule has 1 nitrogen and oxygen atoms in total. The second-order valence-corrected chi connectivity index (χ2v) is 5.71. The second kappa shape index (κ2) is 2.47. The molecule has 1 heterocycles. The molecule has 1 aliphatic carbocycles. The highest BCUT2D eigenvalue weighted by molar-refractivity contribution is 7.16. The fourth-order valence-electron chi connectivity index (χ4n) is 1.72. The van der Waals surface area contributed by atoms with E-state index in [1.165, 1.54) is 4.88 Å². The summed E-state index contributed by atoms with van der Waals surface area (Å²) in [6.07, 6.45) is 0. The Morgan fingerprint density at radius 3 is 2.42 bits per heavy atom. The van der Waals surface area contributed by atoms with Gasteiger partial charge in [0.05, 0.1) is 4.34 Å². The molecule has 3 heteroatoms. The summed E-state index contributed by atoms with van der Waals surface area (Å²) in [7, 11) is 0. The molecule has 0 amide bonds. The van der Waals surface area contributed by atoms with Gasteiger partial charge in [-0.3, -0.25) is 0 Å². The molecule has 0 aliphatic heterocycles. The van der Waals surface area contributed by atoms with Gasteiger partial charge in [-0.05, 0) is 17.5 Å².